The number of nitrogens with one attached hydrogen (secondary N) is 1. The minimum absolute atomic E-state index is 0.0992. The lowest BCUT2D eigenvalue weighted by Crippen LogP contribution is -2.16. The summed E-state index contributed by atoms with van der Waals surface area (Å²) in [7, 11) is 1.53. The summed E-state index contributed by atoms with van der Waals surface area (Å²) in [4.78, 5) is 34.7. The minimum atomic E-state index is -0.444. The molecule has 0 saturated carbocycles. The third-order valence-electron chi connectivity index (χ3n) is 6.16. The van der Waals surface area contributed by atoms with Crippen molar-refractivity contribution >= 4 is 28.5 Å². The highest BCUT2D eigenvalue weighted by atomic mass is 16.6. The molecule has 0 atom stereocenters. The van der Waals surface area contributed by atoms with E-state index in [0.717, 1.165) is 54.3 Å². The number of aromatic nitrogens is 3. The van der Waals surface area contributed by atoms with Crippen LogP contribution in [0.2, 0.25) is 0 Å². The molecule has 0 spiro atoms. The minimum Gasteiger partial charge on any atom is -0.495 e. The maximum absolute atomic E-state index is 13.2. The second kappa shape index (κ2) is 10.6. The molecular weight excluding hydrogens is 460 g/mol. The fourth-order valence-corrected chi connectivity index (χ4v) is 4.49. The summed E-state index contributed by atoms with van der Waals surface area (Å²) in [5.74, 6) is 0.0906. The second-order valence-corrected chi connectivity index (χ2v) is 8.60. The SMILES string of the molecule is COc1ccccc1NC(=O)Cc1noc(COC(=O)c2c3c(nc4ccccc24)CCCCC3)n1. The number of anilines is 1. The van der Waals surface area contributed by atoms with E-state index in [1.807, 2.05) is 30.3 Å². The summed E-state index contributed by atoms with van der Waals surface area (Å²) in [6.45, 7) is -0.189. The van der Waals surface area contributed by atoms with Crippen LogP contribution in [-0.2, 0) is 35.4 Å². The van der Waals surface area contributed by atoms with E-state index in [0.29, 0.717) is 17.0 Å². The maximum atomic E-state index is 13.2. The van der Waals surface area contributed by atoms with Crippen molar-refractivity contribution < 1.29 is 23.6 Å². The smallest absolute Gasteiger partial charge is 0.339 e. The van der Waals surface area contributed by atoms with Crippen molar-refractivity contribution in [3.63, 3.8) is 0 Å². The number of aryl methyl sites for hydroxylation is 1. The number of hydrogen-bond acceptors (Lipinski definition) is 8. The highest BCUT2D eigenvalue weighted by Crippen LogP contribution is 2.29. The summed E-state index contributed by atoms with van der Waals surface area (Å²) >= 11 is 0. The molecule has 1 amide bonds. The van der Waals surface area contributed by atoms with E-state index in [1.54, 1.807) is 18.2 Å². The second-order valence-electron chi connectivity index (χ2n) is 8.60. The zero-order chi connectivity index (χ0) is 24.9. The van der Waals surface area contributed by atoms with Crippen LogP contribution >= 0.6 is 0 Å². The molecule has 0 radical (unpaired) electrons. The molecule has 2 aromatic heterocycles. The van der Waals surface area contributed by atoms with Crippen LogP contribution in [0.5, 0.6) is 5.75 Å². The fourth-order valence-electron chi connectivity index (χ4n) is 4.49. The monoisotopic (exact) mass is 486 g/mol. The van der Waals surface area contributed by atoms with Gasteiger partial charge in [0.15, 0.2) is 12.4 Å². The molecule has 5 rings (SSSR count). The van der Waals surface area contributed by atoms with E-state index in [4.69, 9.17) is 19.0 Å². The Balaban J connectivity index is 1.27. The molecule has 0 unspecified atom stereocenters. The molecule has 184 valence electrons. The number of nitrogens with zero attached hydrogens (tertiary/aromatic N) is 3. The van der Waals surface area contributed by atoms with Crippen LogP contribution in [0.3, 0.4) is 0 Å². The summed E-state index contributed by atoms with van der Waals surface area (Å²) in [6, 6.07) is 14.7. The van der Waals surface area contributed by atoms with Gasteiger partial charge in [0, 0.05) is 11.1 Å². The van der Waals surface area contributed by atoms with Crippen molar-refractivity contribution in [3.8, 4) is 5.75 Å². The Morgan fingerprint density at radius 3 is 2.69 bits per heavy atom. The van der Waals surface area contributed by atoms with Crippen LogP contribution in [0.4, 0.5) is 5.69 Å². The maximum Gasteiger partial charge on any atom is 0.339 e. The predicted molar refractivity (Wildman–Crippen MR) is 132 cm³/mol. The third kappa shape index (κ3) is 5.05. The predicted octanol–water partition coefficient (Wildman–Crippen LogP) is 4.43. The summed E-state index contributed by atoms with van der Waals surface area (Å²) in [5, 5.41) is 7.39. The number of fused-ring (bicyclic) bond motifs is 2. The Kier molecular flexibility index (Phi) is 6.88. The molecule has 1 aliphatic rings. The number of amides is 1. The quantitative estimate of drug-likeness (QED) is 0.301. The first-order valence-electron chi connectivity index (χ1n) is 11.9. The van der Waals surface area contributed by atoms with E-state index >= 15 is 0 Å². The molecule has 9 nitrogen and oxygen atoms in total. The molecule has 2 aromatic carbocycles. The first-order valence-corrected chi connectivity index (χ1v) is 11.9. The summed E-state index contributed by atoms with van der Waals surface area (Å²) in [6.07, 6.45) is 4.72. The number of ether oxygens (including phenoxy) is 2. The van der Waals surface area contributed by atoms with Crippen molar-refractivity contribution in [2.24, 2.45) is 0 Å². The summed E-state index contributed by atoms with van der Waals surface area (Å²) < 4.78 is 16.0. The molecule has 4 aromatic rings. The Bertz CT molecular complexity index is 1410. The first kappa shape index (κ1) is 23.5. The number of methoxy groups -OCH3 is 1. The van der Waals surface area contributed by atoms with E-state index in [9.17, 15) is 9.59 Å². The third-order valence-corrected chi connectivity index (χ3v) is 6.16. The van der Waals surface area contributed by atoms with Crippen LogP contribution in [0, 0.1) is 0 Å². The van der Waals surface area contributed by atoms with Crippen molar-refractivity contribution in [2.75, 3.05) is 12.4 Å². The van der Waals surface area contributed by atoms with E-state index in [-0.39, 0.29) is 30.7 Å². The molecule has 36 heavy (non-hydrogen) atoms. The lowest BCUT2D eigenvalue weighted by Gasteiger charge is -2.14. The Labute approximate surface area is 207 Å². The number of para-hydroxylation sites is 3. The number of rotatable bonds is 7. The van der Waals surface area contributed by atoms with Crippen LogP contribution in [0.1, 0.15) is 52.6 Å². The van der Waals surface area contributed by atoms with Gasteiger partial charge in [0.05, 0.1) is 30.3 Å². The lowest BCUT2D eigenvalue weighted by molar-refractivity contribution is -0.115. The Morgan fingerprint density at radius 1 is 1.00 bits per heavy atom. The molecule has 0 bridgehead atoms. The van der Waals surface area contributed by atoms with Gasteiger partial charge in [-0.25, -0.2) is 4.79 Å². The van der Waals surface area contributed by atoms with Gasteiger partial charge in [0.2, 0.25) is 5.91 Å². The van der Waals surface area contributed by atoms with Crippen molar-refractivity contribution in [3.05, 3.63) is 77.1 Å². The van der Waals surface area contributed by atoms with Gasteiger partial charge < -0.3 is 19.3 Å². The highest BCUT2D eigenvalue weighted by Gasteiger charge is 2.23. The molecule has 0 fully saturated rings. The number of esters is 1. The fraction of sp³-hybridized carbons (Fsp3) is 0.296. The highest BCUT2D eigenvalue weighted by molar-refractivity contribution is 6.05. The molecule has 2 heterocycles. The van der Waals surface area contributed by atoms with Gasteiger partial charge in [0.1, 0.15) is 5.75 Å². The van der Waals surface area contributed by atoms with Crippen LogP contribution in [-0.4, -0.2) is 34.1 Å². The Hall–Kier alpha value is -4.27. The van der Waals surface area contributed by atoms with Gasteiger partial charge in [-0.15, -0.1) is 0 Å². The zero-order valence-electron chi connectivity index (χ0n) is 20.0. The molecule has 0 saturated heterocycles. The Morgan fingerprint density at radius 2 is 1.81 bits per heavy atom. The van der Waals surface area contributed by atoms with E-state index < -0.39 is 5.97 Å². The number of benzene rings is 2. The average Bonchev–Trinajstić information content (AvgIpc) is 3.20. The molecule has 1 aliphatic carbocycles. The van der Waals surface area contributed by atoms with Gasteiger partial charge in [0.25, 0.3) is 5.89 Å². The van der Waals surface area contributed by atoms with E-state index in [1.165, 1.54) is 7.11 Å². The van der Waals surface area contributed by atoms with Crippen molar-refractivity contribution in [1.82, 2.24) is 15.1 Å². The largest absolute Gasteiger partial charge is 0.495 e. The number of pyridine rings is 1. The van der Waals surface area contributed by atoms with Gasteiger partial charge in [-0.3, -0.25) is 9.78 Å². The van der Waals surface area contributed by atoms with Crippen LogP contribution in [0.15, 0.2) is 53.1 Å². The molecule has 9 heteroatoms. The van der Waals surface area contributed by atoms with E-state index in [2.05, 4.69) is 15.5 Å². The number of hydrogen-bond donors (Lipinski definition) is 1. The number of carbonyl (C=O) groups is 2. The first-order chi connectivity index (χ1) is 17.6. The normalized spacial score (nSPS) is 13.0. The average molecular weight is 487 g/mol. The van der Waals surface area contributed by atoms with Crippen molar-refractivity contribution in [2.45, 2.75) is 45.1 Å². The van der Waals surface area contributed by atoms with Crippen molar-refractivity contribution in [1.29, 1.82) is 0 Å². The van der Waals surface area contributed by atoms with Crippen LogP contribution < -0.4 is 10.1 Å². The molecular formula is C27H26N4O5. The topological polar surface area (TPSA) is 116 Å². The zero-order valence-corrected chi connectivity index (χ0v) is 20.0. The van der Waals surface area contributed by atoms with Crippen LogP contribution in [0.25, 0.3) is 10.9 Å². The lowest BCUT2D eigenvalue weighted by atomic mass is 9.97. The molecule has 0 aliphatic heterocycles. The molecule has 1 N–H and O–H groups in total. The number of carbonyl (C=O) groups excluding carboxylic acids is 2. The van der Waals surface area contributed by atoms with Gasteiger partial charge in [-0.2, -0.15) is 4.98 Å². The van der Waals surface area contributed by atoms with Gasteiger partial charge in [-0.05, 0) is 49.4 Å². The standard InChI is InChI=1S/C27H26N4O5/c1-34-22-14-8-7-13-21(22)29-24(32)15-23-30-25(36-31-23)16-35-27(33)26-17-9-3-2-4-11-19(17)28-20-12-6-5-10-18(20)26/h5-8,10,12-14H,2-4,9,11,15-16H2,1H3,(H,29,32). The van der Waals surface area contributed by atoms with Gasteiger partial charge in [-0.1, -0.05) is 41.9 Å². The van der Waals surface area contributed by atoms with Gasteiger partial charge >= 0.3 is 5.97 Å². The summed E-state index contributed by atoms with van der Waals surface area (Å²) in [5.41, 5.74) is 3.83.